The van der Waals surface area contributed by atoms with Gasteiger partial charge in [-0.15, -0.1) is 0 Å². The molecule has 1 fully saturated rings. The van der Waals surface area contributed by atoms with Crippen molar-refractivity contribution in [1.29, 1.82) is 0 Å². The van der Waals surface area contributed by atoms with E-state index in [4.69, 9.17) is 9.47 Å². The zero-order valence-electron chi connectivity index (χ0n) is 9.28. The lowest BCUT2D eigenvalue weighted by Gasteiger charge is -2.19. The number of carbonyl (C=O) groups excluding carboxylic acids is 2. The van der Waals surface area contributed by atoms with Gasteiger partial charge in [0.1, 0.15) is 5.75 Å². The Hall–Kier alpha value is -2.04. The number of fused-ring (bicyclic) bond motifs is 2. The number of nitrogens with one attached hydrogen (secondary N) is 1. The maximum Gasteiger partial charge on any atom is 0.415 e. The lowest BCUT2D eigenvalue weighted by molar-refractivity contribution is -0.131. The van der Waals surface area contributed by atoms with Crippen LogP contribution in [0.5, 0.6) is 5.75 Å². The van der Waals surface area contributed by atoms with Gasteiger partial charge in [0.25, 0.3) is 5.91 Å². The zero-order chi connectivity index (χ0) is 12.0. The summed E-state index contributed by atoms with van der Waals surface area (Å²) in [6.07, 6.45) is 0.464. The Morgan fingerprint density at radius 2 is 2.24 bits per heavy atom. The first-order chi connectivity index (χ1) is 8.17. The lowest BCUT2D eigenvalue weighted by atomic mass is 9.95. The van der Waals surface area contributed by atoms with Crippen molar-refractivity contribution in [3.8, 4) is 5.75 Å². The minimum absolute atomic E-state index is 0.380. The minimum atomic E-state index is -1.14. The summed E-state index contributed by atoms with van der Waals surface area (Å²) >= 11 is 0. The van der Waals surface area contributed by atoms with Crippen LogP contribution in [0.2, 0.25) is 0 Å². The number of carbonyl (C=O) groups is 2. The molecule has 1 heterocycles. The number of amides is 2. The highest BCUT2D eigenvalue weighted by atomic mass is 16.6. The van der Waals surface area contributed by atoms with Gasteiger partial charge in [0.2, 0.25) is 5.60 Å². The van der Waals surface area contributed by atoms with Gasteiger partial charge in [-0.25, -0.2) is 4.79 Å². The Balaban J connectivity index is 2.16. The SMILES string of the molecule is COc1cccc2c1CC[C@@]21OC(=O)NC1=O. The number of imide groups is 1. The predicted molar refractivity (Wildman–Crippen MR) is 57.6 cm³/mol. The first kappa shape index (κ1) is 10.1. The maximum absolute atomic E-state index is 11.9. The van der Waals surface area contributed by atoms with Crippen molar-refractivity contribution in [3.63, 3.8) is 0 Å². The van der Waals surface area contributed by atoms with Crippen LogP contribution in [0.1, 0.15) is 17.5 Å². The Morgan fingerprint density at radius 3 is 2.88 bits per heavy atom. The van der Waals surface area contributed by atoms with Crippen LogP contribution >= 0.6 is 0 Å². The molecular formula is C12H11NO4. The summed E-state index contributed by atoms with van der Waals surface area (Å²) < 4.78 is 10.4. The molecule has 5 nitrogen and oxygen atoms in total. The minimum Gasteiger partial charge on any atom is -0.496 e. The second-order valence-electron chi connectivity index (χ2n) is 4.16. The fraction of sp³-hybridized carbons (Fsp3) is 0.333. The standard InChI is InChI=1S/C12H11NO4/c1-16-9-4-2-3-8-7(9)5-6-12(8)10(14)13-11(15)17-12/h2-4H,5-6H2,1H3,(H,13,14,15)/t12-/m1/s1. The van der Waals surface area contributed by atoms with Crippen LogP contribution in [-0.4, -0.2) is 19.1 Å². The molecular weight excluding hydrogens is 222 g/mol. The van der Waals surface area contributed by atoms with Crippen LogP contribution in [-0.2, 0) is 21.6 Å². The van der Waals surface area contributed by atoms with E-state index in [-0.39, 0.29) is 5.91 Å². The van der Waals surface area contributed by atoms with Crippen LogP contribution in [0.3, 0.4) is 0 Å². The van der Waals surface area contributed by atoms with E-state index >= 15 is 0 Å². The normalized spacial score (nSPS) is 25.7. The lowest BCUT2D eigenvalue weighted by Crippen LogP contribution is -2.34. The predicted octanol–water partition coefficient (Wildman–Crippen LogP) is 1.10. The summed E-state index contributed by atoms with van der Waals surface area (Å²) in [5.41, 5.74) is 0.543. The van der Waals surface area contributed by atoms with Gasteiger partial charge in [0.05, 0.1) is 7.11 Å². The molecule has 1 aromatic rings. The molecule has 0 radical (unpaired) electrons. The maximum atomic E-state index is 11.9. The molecule has 0 bridgehead atoms. The van der Waals surface area contributed by atoms with E-state index in [1.165, 1.54) is 0 Å². The third kappa shape index (κ3) is 1.19. The number of hydrogen-bond donors (Lipinski definition) is 1. The first-order valence-corrected chi connectivity index (χ1v) is 5.38. The molecule has 2 amide bonds. The van der Waals surface area contributed by atoms with Crippen molar-refractivity contribution in [2.45, 2.75) is 18.4 Å². The van der Waals surface area contributed by atoms with Gasteiger partial charge >= 0.3 is 6.09 Å². The molecule has 2 aliphatic rings. The quantitative estimate of drug-likeness (QED) is 0.789. The number of methoxy groups -OCH3 is 1. The summed E-state index contributed by atoms with van der Waals surface area (Å²) in [6.45, 7) is 0. The highest BCUT2D eigenvalue weighted by Crippen LogP contribution is 2.45. The molecule has 1 atom stereocenters. The Bertz CT molecular complexity index is 525. The summed E-state index contributed by atoms with van der Waals surface area (Å²) in [6, 6.07) is 5.44. The molecule has 0 unspecified atom stereocenters. The van der Waals surface area contributed by atoms with Gasteiger partial charge < -0.3 is 9.47 Å². The number of ether oxygens (including phenoxy) is 2. The molecule has 1 aromatic carbocycles. The number of alkyl carbamates (subject to hydrolysis) is 1. The van der Waals surface area contributed by atoms with Crippen molar-refractivity contribution < 1.29 is 19.1 Å². The zero-order valence-corrected chi connectivity index (χ0v) is 9.28. The number of rotatable bonds is 1. The van der Waals surface area contributed by atoms with Crippen LogP contribution in [0.15, 0.2) is 18.2 Å². The Labute approximate surface area is 97.7 Å². The van der Waals surface area contributed by atoms with Crippen LogP contribution in [0.4, 0.5) is 4.79 Å². The average Bonchev–Trinajstić information content (AvgIpc) is 2.82. The highest BCUT2D eigenvalue weighted by Gasteiger charge is 2.54. The van der Waals surface area contributed by atoms with E-state index < -0.39 is 11.7 Å². The second kappa shape index (κ2) is 3.23. The third-order valence-corrected chi connectivity index (χ3v) is 3.36. The molecule has 1 saturated heterocycles. The van der Waals surface area contributed by atoms with E-state index in [0.717, 1.165) is 16.9 Å². The number of benzene rings is 1. The van der Waals surface area contributed by atoms with Crippen molar-refractivity contribution >= 4 is 12.0 Å². The van der Waals surface area contributed by atoms with Crippen LogP contribution < -0.4 is 10.1 Å². The summed E-state index contributed by atoms with van der Waals surface area (Å²) in [7, 11) is 1.58. The fourth-order valence-corrected chi connectivity index (χ4v) is 2.59. The summed E-state index contributed by atoms with van der Waals surface area (Å²) in [5, 5.41) is 2.19. The molecule has 1 aliphatic carbocycles. The monoisotopic (exact) mass is 233 g/mol. The molecule has 1 spiro atoms. The molecule has 5 heteroatoms. The van der Waals surface area contributed by atoms with E-state index in [1.807, 2.05) is 12.1 Å². The second-order valence-corrected chi connectivity index (χ2v) is 4.16. The molecule has 0 aromatic heterocycles. The molecule has 1 aliphatic heterocycles. The van der Waals surface area contributed by atoms with Crippen molar-refractivity contribution in [2.75, 3.05) is 7.11 Å². The Kier molecular flexibility index (Phi) is 1.92. The smallest absolute Gasteiger partial charge is 0.415 e. The van der Waals surface area contributed by atoms with Gasteiger partial charge in [0.15, 0.2) is 0 Å². The van der Waals surface area contributed by atoms with Crippen LogP contribution in [0.25, 0.3) is 0 Å². The number of hydrogen-bond acceptors (Lipinski definition) is 4. The molecule has 88 valence electrons. The van der Waals surface area contributed by atoms with E-state index in [0.29, 0.717) is 12.8 Å². The van der Waals surface area contributed by atoms with Crippen LogP contribution in [0, 0.1) is 0 Å². The van der Waals surface area contributed by atoms with Gasteiger partial charge in [-0.3, -0.25) is 10.1 Å². The Morgan fingerprint density at radius 1 is 1.41 bits per heavy atom. The third-order valence-electron chi connectivity index (χ3n) is 3.36. The average molecular weight is 233 g/mol. The topological polar surface area (TPSA) is 64.6 Å². The van der Waals surface area contributed by atoms with E-state index in [2.05, 4.69) is 5.32 Å². The molecule has 0 saturated carbocycles. The summed E-state index contributed by atoms with van der Waals surface area (Å²) in [4.78, 5) is 23.1. The molecule has 1 N–H and O–H groups in total. The van der Waals surface area contributed by atoms with Crippen molar-refractivity contribution in [3.05, 3.63) is 29.3 Å². The van der Waals surface area contributed by atoms with Crippen molar-refractivity contribution in [2.24, 2.45) is 0 Å². The largest absolute Gasteiger partial charge is 0.496 e. The van der Waals surface area contributed by atoms with E-state index in [9.17, 15) is 9.59 Å². The van der Waals surface area contributed by atoms with Gasteiger partial charge in [-0.1, -0.05) is 12.1 Å². The summed E-state index contributed by atoms with van der Waals surface area (Å²) in [5.74, 6) is 0.352. The first-order valence-electron chi connectivity index (χ1n) is 5.38. The van der Waals surface area contributed by atoms with Gasteiger partial charge in [-0.2, -0.15) is 0 Å². The molecule has 3 rings (SSSR count). The van der Waals surface area contributed by atoms with Gasteiger partial charge in [-0.05, 0) is 12.5 Å². The molecule has 17 heavy (non-hydrogen) atoms. The van der Waals surface area contributed by atoms with Crippen molar-refractivity contribution in [1.82, 2.24) is 5.32 Å². The highest BCUT2D eigenvalue weighted by molar-refractivity contribution is 6.04. The fourth-order valence-electron chi connectivity index (χ4n) is 2.59. The van der Waals surface area contributed by atoms with Gasteiger partial charge in [0, 0.05) is 17.5 Å². The van der Waals surface area contributed by atoms with E-state index in [1.54, 1.807) is 13.2 Å².